The highest BCUT2D eigenvalue weighted by atomic mass is 32.2. The van der Waals surface area contributed by atoms with Crippen molar-refractivity contribution in [1.82, 2.24) is 15.5 Å². The summed E-state index contributed by atoms with van der Waals surface area (Å²) in [5.74, 6) is 0.183. The molecule has 0 aliphatic heterocycles. The van der Waals surface area contributed by atoms with Gasteiger partial charge in [-0.25, -0.2) is 0 Å². The summed E-state index contributed by atoms with van der Waals surface area (Å²) in [4.78, 5) is 22.9. The lowest BCUT2D eigenvalue weighted by Crippen LogP contribution is -2.44. The third kappa shape index (κ3) is 4.82. The summed E-state index contributed by atoms with van der Waals surface area (Å²) in [6, 6.07) is -0.405. The largest absolute Gasteiger partial charge is 0.345 e. The first kappa shape index (κ1) is 14.1. The summed E-state index contributed by atoms with van der Waals surface area (Å²) in [5.41, 5.74) is 1.62. The third-order valence-corrected chi connectivity index (χ3v) is 3.95. The van der Waals surface area contributed by atoms with Crippen molar-refractivity contribution in [3.63, 3.8) is 0 Å². The van der Waals surface area contributed by atoms with E-state index in [0.29, 0.717) is 0 Å². The number of carbonyl (C=O) groups is 2. The van der Waals surface area contributed by atoms with Crippen LogP contribution in [0.1, 0.15) is 20.8 Å². The molecule has 1 N–H and O–H groups in total. The van der Waals surface area contributed by atoms with Crippen molar-refractivity contribution < 1.29 is 9.59 Å². The Hall–Kier alpha value is -0.950. The van der Waals surface area contributed by atoms with Crippen molar-refractivity contribution in [2.45, 2.75) is 31.2 Å². The molecule has 1 unspecified atom stereocenters. The van der Waals surface area contributed by atoms with Gasteiger partial charge in [0.25, 0.3) is 0 Å². The summed E-state index contributed by atoms with van der Waals surface area (Å²) >= 11 is 2.71. The second kappa shape index (κ2) is 6.70. The summed E-state index contributed by atoms with van der Waals surface area (Å²) in [5, 5.41) is 10.2. The molecule has 1 heterocycles. The average Bonchev–Trinajstić information content (AvgIpc) is 2.74. The van der Waals surface area contributed by atoms with Crippen LogP contribution in [-0.2, 0) is 9.59 Å². The van der Waals surface area contributed by atoms with Crippen LogP contribution < -0.4 is 5.32 Å². The van der Waals surface area contributed by atoms with Crippen LogP contribution in [-0.4, -0.2) is 33.7 Å². The Morgan fingerprint density at radius 3 is 2.71 bits per heavy atom. The minimum absolute atomic E-state index is 0.0192. The van der Waals surface area contributed by atoms with Crippen molar-refractivity contribution in [3.05, 3.63) is 5.51 Å². The molecule has 94 valence electrons. The molecular formula is C10H15N3O2S2. The fourth-order valence-corrected chi connectivity index (χ4v) is 2.61. The predicted molar refractivity (Wildman–Crippen MR) is 68.1 cm³/mol. The Morgan fingerprint density at radius 1 is 1.53 bits per heavy atom. The van der Waals surface area contributed by atoms with Gasteiger partial charge in [-0.1, -0.05) is 36.9 Å². The fraction of sp³-hybridized carbons (Fsp3) is 0.600. The molecule has 5 nitrogen and oxygen atoms in total. The van der Waals surface area contributed by atoms with Gasteiger partial charge in [-0.2, -0.15) is 0 Å². The molecule has 1 amide bonds. The summed E-state index contributed by atoms with van der Waals surface area (Å²) in [7, 11) is 0. The molecule has 1 aromatic rings. The molecule has 0 aromatic carbocycles. The maximum atomic E-state index is 11.6. The third-order valence-electron chi connectivity index (χ3n) is 2.09. The van der Waals surface area contributed by atoms with Gasteiger partial charge in [0.2, 0.25) is 5.91 Å². The number of rotatable bonds is 6. The van der Waals surface area contributed by atoms with E-state index in [4.69, 9.17) is 0 Å². The molecule has 0 spiro atoms. The fourth-order valence-electron chi connectivity index (χ4n) is 1.31. The number of hydrogen-bond donors (Lipinski definition) is 1. The number of nitrogens with zero attached hydrogens (tertiary/aromatic N) is 2. The number of amides is 1. The van der Waals surface area contributed by atoms with Gasteiger partial charge in [0.1, 0.15) is 5.51 Å². The maximum Gasteiger partial charge on any atom is 0.231 e. The minimum atomic E-state index is -0.405. The van der Waals surface area contributed by atoms with Crippen LogP contribution >= 0.6 is 23.1 Å². The Kier molecular flexibility index (Phi) is 5.57. The quantitative estimate of drug-likeness (QED) is 0.792. The van der Waals surface area contributed by atoms with E-state index >= 15 is 0 Å². The van der Waals surface area contributed by atoms with E-state index in [-0.39, 0.29) is 23.4 Å². The second-order valence-electron chi connectivity index (χ2n) is 3.89. The number of Topliss-reactive ketones (excluding diaryl/α,β-unsaturated/α-hetero) is 1. The topological polar surface area (TPSA) is 72.0 Å². The molecule has 0 saturated heterocycles. The van der Waals surface area contributed by atoms with E-state index in [2.05, 4.69) is 15.5 Å². The number of ketones is 1. The van der Waals surface area contributed by atoms with Crippen molar-refractivity contribution >= 4 is 34.8 Å². The zero-order valence-corrected chi connectivity index (χ0v) is 11.6. The van der Waals surface area contributed by atoms with Gasteiger partial charge in [-0.15, -0.1) is 10.2 Å². The number of hydrogen-bond acceptors (Lipinski definition) is 6. The Labute approximate surface area is 108 Å². The number of carbonyl (C=O) groups excluding carboxylic acids is 2. The Bertz CT molecular complexity index is 379. The van der Waals surface area contributed by atoms with Gasteiger partial charge in [0.15, 0.2) is 10.1 Å². The van der Waals surface area contributed by atoms with Gasteiger partial charge in [-0.05, 0) is 12.8 Å². The molecular weight excluding hydrogens is 258 g/mol. The predicted octanol–water partition coefficient (Wildman–Crippen LogP) is 1.36. The number of thioether (sulfide) groups is 1. The van der Waals surface area contributed by atoms with E-state index in [9.17, 15) is 9.59 Å². The highest BCUT2D eigenvalue weighted by Gasteiger charge is 2.20. The lowest BCUT2D eigenvalue weighted by atomic mass is 10.0. The average molecular weight is 273 g/mol. The zero-order chi connectivity index (χ0) is 12.8. The van der Waals surface area contributed by atoms with E-state index in [1.807, 2.05) is 13.8 Å². The molecule has 1 rings (SSSR count). The molecule has 0 saturated carbocycles. The molecule has 0 aliphatic rings. The number of nitrogens with one attached hydrogen (secondary N) is 1. The highest BCUT2D eigenvalue weighted by molar-refractivity contribution is 8.01. The zero-order valence-electron chi connectivity index (χ0n) is 9.97. The molecule has 0 aliphatic carbocycles. The van der Waals surface area contributed by atoms with E-state index < -0.39 is 6.04 Å². The molecule has 0 radical (unpaired) electrons. The van der Waals surface area contributed by atoms with Crippen LogP contribution in [0.5, 0.6) is 0 Å². The lowest BCUT2D eigenvalue weighted by molar-refractivity contribution is -0.126. The summed E-state index contributed by atoms with van der Waals surface area (Å²) in [6.45, 7) is 5.30. The second-order valence-corrected chi connectivity index (χ2v) is 5.95. The van der Waals surface area contributed by atoms with Crippen LogP contribution in [0.25, 0.3) is 0 Å². The minimum Gasteiger partial charge on any atom is -0.345 e. The smallest absolute Gasteiger partial charge is 0.231 e. The van der Waals surface area contributed by atoms with Gasteiger partial charge in [-0.3, -0.25) is 9.59 Å². The molecule has 7 heteroatoms. The Morgan fingerprint density at radius 2 is 2.24 bits per heavy atom. The molecule has 1 aromatic heterocycles. The van der Waals surface area contributed by atoms with Crippen LogP contribution in [0.4, 0.5) is 0 Å². The normalized spacial score (nSPS) is 12.5. The van der Waals surface area contributed by atoms with Crippen LogP contribution in [0.2, 0.25) is 0 Å². The van der Waals surface area contributed by atoms with Gasteiger partial charge in [0, 0.05) is 0 Å². The SMILES string of the molecule is CC(=O)C(NC(=O)CSc1nncs1)C(C)C. The molecule has 0 fully saturated rings. The van der Waals surface area contributed by atoms with E-state index in [0.717, 1.165) is 4.34 Å². The van der Waals surface area contributed by atoms with Gasteiger partial charge < -0.3 is 5.32 Å². The first-order chi connectivity index (χ1) is 8.00. The highest BCUT2D eigenvalue weighted by Crippen LogP contribution is 2.18. The van der Waals surface area contributed by atoms with Crippen molar-refractivity contribution in [2.75, 3.05) is 5.75 Å². The standard InChI is InChI=1S/C10H15N3O2S2/c1-6(2)9(7(3)14)12-8(15)4-16-10-13-11-5-17-10/h5-6,9H,4H2,1-3H3,(H,12,15). The summed E-state index contributed by atoms with van der Waals surface area (Å²) < 4.78 is 0.754. The van der Waals surface area contributed by atoms with E-state index in [1.165, 1.54) is 30.0 Å². The molecule has 1 atom stereocenters. The van der Waals surface area contributed by atoms with Crippen molar-refractivity contribution in [1.29, 1.82) is 0 Å². The maximum absolute atomic E-state index is 11.6. The first-order valence-electron chi connectivity index (χ1n) is 5.19. The summed E-state index contributed by atoms with van der Waals surface area (Å²) in [6.07, 6.45) is 0. The monoisotopic (exact) mass is 273 g/mol. The molecule has 0 bridgehead atoms. The van der Waals surface area contributed by atoms with Crippen LogP contribution in [0, 0.1) is 5.92 Å². The van der Waals surface area contributed by atoms with Gasteiger partial charge in [0.05, 0.1) is 11.8 Å². The lowest BCUT2D eigenvalue weighted by Gasteiger charge is -2.19. The van der Waals surface area contributed by atoms with Crippen LogP contribution in [0.3, 0.4) is 0 Å². The van der Waals surface area contributed by atoms with Crippen molar-refractivity contribution in [3.8, 4) is 0 Å². The van der Waals surface area contributed by atoms with E-state index in [1.54, 1.807) is 5.51 Å². The first-order valence-corrected chi connectivity index (χ1v) is 7.06. The van der Waals surface area contributed by atoms with Crippen molar-refractivity contribution in [2.24, 2.45) is 5.92 Å². The number of aromatic nitrogens is 2. The molecule has 17 heavy (non-hydrogen) atoms. The van der Waals surface area contributed by atoms with Gasteiger partial charge >= 0.3 is 0 Å². The van der Waals surface area contributed by atoms with Crippen LogP contribution in [0.15, 0.2) is 9.85 Å². The Balaban J connectivity index is 2.40.